The Labute approximate surface area is 62.4 Å². The monoisotopic (exact) mass is 140 g/mol. The standard InChI is InChI=1S/C8H16N2/c1-6-4-9-5-8(10-6)7-2-3-7/h6-10H,2-5H2,1H3. The van der Waals surface area contributed by atoms with Crippen molar-refractivity contribution in [2.75, 3.05) is 13.1 Å². The highest BCUT2D eigenvalue weighted by atomic mass is 15.1. The summed E-state index contributed by atoms with van der Waals surface area (Å²) in [6.07, 6.45) is 2.90. The summed E-state index contributed by atoms with van der Waals surface area (Å²) in [7, 11) is 0. The van der Waals surface area contributed by atoms with Crippen LogP contribution in [0.1, 0.15) is 19.8 Å². The van der Waals surface area contributed by atoms with Gasteiger partial charge in [-0.15, -0.1) is 0 Å². The molecule has 2 heteroatoms. The lowest BCUT2D eigenvalue weighted by Crippen LogP contribution is -2.54. The van der Waals surface area contributed by atoms with Crippen molar-refractivity contribution in [2.24, 2.45) is 5.92 Å². The first-order chi connectivity index (χ1) is 4.86. The molecular weight excluding hydrogens is 124 g/mol. The summed E-state index contributed by atoms with van der Waals surface area (Å²) in [5.41, 5.74) is 0. The van der Waals surface area contributed by atoms with Crippen molar-refractivity contribution in [2.45, 2.75) is 31.8 Å². The molecule has 2 N–H and O–H groups in total. The molecular formula is C8H16N2. The molecule has 2 rings (SSSR count). The number of rotatable bonds is 1. The maximum absolute atomic E-state index is 3.62. The highest BCUT2D eigenvalue weighted by Crippen LogP contribution is 2.32. The zero-order valence-electron chi connectivity index (χ0n) is 6.56. The maximum atomic E-state index is 3.62. The summed E-state index contributed by atoms with van der Waals surface area (Å²) in [5.74, 6) is 0.996. The summed E-state index contributed by atoms with van der Waals surface area (Å²) in [5, 5.41) is 7.06. The molecule has 1 saturated heterocycles. The summed E-state index contributed by atoms with van der Waals surface area (Å²) in [6.45, 7) is 4.58. The van der Waals surface area contributed by atoms with E-state index in [1.54, 1.807) is 0 Å². The fraction of sp³-hybridized carbons (Fsp3) is 1.00. The summed E-state index contributed by atoms with van der Waals surface area (Å²) in [4.78, 5) is 0. The first kappa shape index (κ1) is 6.62. The van der Waals surface area contributed by atoms with Gasteiger partial charge in [0.2, 0.25) is 0 Å². The third-order valence-electron chi connectivity index (χ3n) is 2.50. The first-order valence-electron chi connectivity index (χ1n) is 4.33. The minimum Gasteiger partial charge on any atom is -0.314 e. The third-order valence-corrected chi connectivity index (χ3v) is 2.50. The molecule has 1 saturated carbocycles. The highest BCUT2D eigenvalue weighted by molar-refractivity contribution is 4.92. The maximum Gasteiger partial charge on any atom is 0.0223 e. The lowest BCUT2D eigenvalue weighted by Gasteiger charge is -2.29. The summed E-state index contributed by atoms with van der Waals surface area (Å²) in [6, 6.07) is 1.46. The number of nitrogens with one attached hydrogen (secondary N) is 2. The van der Waals surface area contributed by atoms with E-state index >= 15 is 0 Å². The first-order valence-corrected chi connectivity index (χ1v) is 4.33. The van der Waals surface area contributed by atoms with Gasteiger partial charge in [0.25, 0.3) is 0 Å². The van der Waals surface area contributed by atoms with E-state index in [-0.39, 0.29) is 0 Å². The fourth-order valence-corrected chi connectivity index (χ4v) is 1.74. The van der Waals surface area contributed by atoms with Gasteiger partial charge in [0.1, 0.15) is 0 Å². The molecule has 2 nitrogen and oxygen atoms in total. The van der Waals surface area contributed by atoms with Crippen LogP contribution in [0.4, 0.5) is 0 Å². The van der Waals surface area contributed by atoms with E-state index in [0.29, 0.717) is 6.04 Å². The largest absolute Gasteiger partial charge is 0.314 e. The van der Waals surface area contributed by atoms with Crippen molar-refractivity contribution in [3.05, 3.63) is 0 Å². The molecule has 1 aliphatic heterocycles. The van der Waals surface area contributed by atoms with Gasteiger partial charge in [-0.2, -0.15) is 0 Å². The highest BCUT2D eigenvalue weighted by Gasteiger charge is 2.33. The van der Waals surface area contributed by atoms with Gasteiger partial charge < -0.3 is 10.6 Å². The predicted molar refractivity (Wildman–Crippen MR) is 42.0 cm³/mol. The van der Waals surface area contributed by atoms with Gasteiger partial charge in [0.05, 0.1) is 0 Å². The molecule has 2 fully saturated rings. The molecule has 0 aromatic heterocycles. The Balaban J connectivity index is 1.84. The lowest BCUT2D eigenvalue weighted by atomic mass is 10.1. The van der Waals surface area contributed by atoms with E-state index in [4.69, 9.17) is 0 Å². The molecule has 2 aliphatic rings. The van der Waals surface area contributed by atoms with Crippen LogP contribution in [0, 0.1) is 5.92 Å². The summed E-state index contributed by atoms with van der Waals surface area (Å²) < 4.78 is 0. The second-order valence-electron chi connectivity index (χ2n) is 3.67. The van der Waals surface area contributed by atoms with Crippen molar-refractivity contribution in [3.63, 3.8) is 0 Å². The lowest BCUT2D eigenvalue weighted by molar-refractivity contribution is 0.328. The van der Waals surface area contributed by atoms with Gasteiger partial charge in [-0.05, 0) is 25.7 Å². The Bertz CT molecular complexity index is 120. The van der Waals surface area contributed by atoms with Crippen molar-refractivity contribution >= 4 is 0 Å². The zero-order chi connectivity index (χ0) is 6.97. The molecule has 58 valence electrons. The molecule has 0 aromatic rings. The Morgan fingerprint density at radius 2 is 2.00 bits per heavy atom. The van der Waals surface area contributed by atoms with Crippen LogP contribution in [0.5, 0.6) is 0 Å². The van der Waals surface area contributed by atoms with Crippen molar-refractivity contribution in [1.29, 1.82) is 0 Å². The van der Waals surface area contributed by atoms with Crippen LogP contribution in [0.2, 0.25) is 0 Å². The van der Waals surface area contributed by atoms with Crippen LogP contribution in [0.25, 0.3) is 0 Å². The van der Waals surface area contributed by atoms with Crippen LogP contribution < -0.4 is 10.6 Å². The number of hydrogen-bond donors (Lipinski definition) is 2. The second-order valence-corrected chi connectivity index (χ2v) is 3.67. The predicted octanol–water partition coefficient (Wildman–Crippen LogP) is 0.346. The van der Waals surface area contributed by atoms with Crippen LogP contribution in [-0.4, -0.2) is 25.2 Å². The Morgan fingerprint density at radius 3 is 2.60 bits per heavy atom. The van der Waals surface area contributed by atoms with Crippen LogP contribution in [-0.2, 0) is 0 Å². The van der Waals surface area contributed by atoms with Crippen molar-refractivity contribution in [3.8, 4) is 0 Å². The summed E-state index contributed by atoms with van der Waals surface area (Å²) >= 11 is 0. The van der Waals surface area contributed by atoms with Crippen molar-refractivity contribution in [1.82, 2.24) is 10.6 Å². The zero-order valence-corrected chi connectivity index (χ0v) is 6.56. The molecule has 1 heterocycles. The molecule has 0 amide bonds. The minimum absolute atomic E-state index is 0.680. The van der Waals surface area contributed by atoms with Gasteiger partial charge >= 0.3 is 0 Å². The van der Waals surface area contributed by atoms with Gasteiger partial charge in [0, 0.05) is 25.2 Å². The molecule has 0 radical (unpaired) electrons. The molecule has 1 aliphatic carbocycles. The Hall–Kier alpha value is -0.0800. The molecule has 0 bridgehead atoms. The van der Waals surface area contributed by atoms with Gasteiger partial charge in [-0.25, -0.2) is 0 Å². The molecule has 2 unspecified atom stereocenters. The Morgan fingerprint density at radius 1 is 1.20 bits per heavy atom. The quantitative estimate of drug-likeness (QED) is 0.549. The van der Waals surface area contributed by atoms with E-state index in [2.05, 4.69) is 17.6 Å². The van der Waals surface area contributed by atoms with Gasteiger partial charge in [0.15, 0.2) is 0 Å². The average Bonchev–Trinajstić information content (AvgIpc) is 2.68. The van der Waals surface area contributed by atoms with Crippen LogP contribution in [0.15, 0.2) is 0 Å². The van der Waals surface area contributed by atoms with Gasteiger partial charge in [-0.3, -0.25) is 0 Å². The van der Waals surface area contributed by atoms with Gasteiger partial charge in [-0.1, -0.05) is 0 Å². The topological polar surface area (TPSA) is 24.1 Å². The normalized spacial score (nSPS) is 41.7. The van der Waals surface area contributed by atoms with Crippen LogP contribution >= 0.6 is 0 Å². The molecule has 2 atom stereocenters. The second kappa shape index (κ2) is 2.51. The minimum atomic E-state index is 0.680. The molecule has 0 aromatic carbocycles. The van der Waals surface area contributed by atoms with E-state index in [0.717, 1.165) is 18.5 Å². The van der Waals surface area contributed by atoms with Crippen LogP contribution in [0.3, 0.4) is 0 Å². The average molecular weight is 140 g/mol. The van der Waals surface area contributed by atoms with E-state index in [1.165, 1.54) is 19.4 Å². The molecule has 10 heavy (non-hydrogen) atoms. The Kier molecular flexibility index (Phi) is 1.66. The van der Waals surface area contributed by atoms with E-state index in [9.17, 15) is 0 Å². The SMILES string of the molecule is CC1CNCC(C2CC2)N1. The fourth-order valence-electron chi connectivity index (χ4n) is 1.74. The third kappa shape index (κ3) is 1.32. The number of piperazine rings is 1. The van der Waals surface area contributed by atoms with Crippen molar-refractivity contribution < 1.29 is 0 Å². The smallest absolute Gasteiger partial charge is 0.0223 e. The van der Waals surface area contributed by atoms with E-state index < -0.39 is 0 Å². The molecule has 0 spiro atoms. The number of hydrogen-bond acceptors (Lipinski definition) is 2. The van der Waals surface area contributed by atoms with E-state index in [1.807, 2.05) is 0 Å².